The van der Waals surface area contributed by atoms with Crippen molar-refractivity contribution >= 4 is 5.69 Å². The molecule has 0 radical (unpaired) electrons. The molecule has 0 spiro atoms. The highest BCUT2D eigenvalue weighted by Gasteiger charge is 2.13. The van der Waals surface area contributed by atoms with Crippen LogP contribution in [-0.4, -0.2) is 29.6 Å². The normalized spacial score (nSPS) is 16.6. The van der Waals surface area contributed by atoms with Gasteiger partial charge in [-0.1, -0.05) is 0 Å². The van der Waals surface area contributed by atoms with Crippen LogP contribution in [0, 0.1) is 0 Å². The summed E-state index contributed by atoms with van der Waals surface area (Å²) in [6.07, 6.45) is 2.57. The third-order valence-corrected chi connectivity index (χ3v) is 3.05. The summed E-state index contributed by atoms with van der Waals surface area (Å²) in [6, 6.07) is 5.76. The first kappa shape index (κ1) is 11.3. The van der Waals surface area contributed by atoms with Gasteiger partial charge in [-0.25, -0.2) is 0 Å². The molecule has 0 amide bonds. The van der Waals surface area contributed by atoms with Gasteiger partial charge >= 0.3 is 0 Å². The smallest absolute Gasteiger partial charge is 0.120 e. The summed E-state index contributed by atoms with van der Waals surface area (Å²) in [5.74, 6) is 0.411. The molecule has 1 heterocycles. The van der Waals surface area contributed by atoms with Gasteiger partial charge in [0.2, 0.25) is 0 Å². The highest BCUT2D eigenvalue weighted by molar-refractivity contribution is 5.50. The summed E-state index contributed by atoms with van der Waals surface area (Å²) in [4.78, 5) is 2.39. The molecule has 0 aromatic heterocycles. The van der Waals surface area contributed by atoms with E-state index in [2.05, 4.69) is 23.2 Å². The van der Waals surface area contributed by atoms with Crippen molar-refractivity contribution in [3.05, 3.63) is 23.8 Å². The maximum absolute atomic E-state index is 9.81. The molecule has 88 valence electrons. The van der Waals surface area contributed by atoms with Crippen molar-refractivity contribution in [1.29, 1.82) is 0 Å². The van der Waals surface area contributed by atoms with Crippen molar-refractivity contribution in [1.82, 2.24) is 4.90 Å². The third kappa shape index (κ3) is 2.67. The summed E-state index contributed by atoms with van der Waals surface area (Å²) < 4.78 is 0. The first-order chi connectivity index (χ1) is 7.79. The monoisotopic (exact) mass is 220 g/mol. The number of hydrogen-bond donors (Lipinski definition) is 2. The molecular weight excluding hydrogens is 200 g/mol. The Labute approximate surface area is 97.1 Å². The minimum atomic E-state index is 0.411. The molecule has 1 aliphatic heterocycles. The highest BCUT2D eigenvalue weighted by atomic mass is 16.3. The lowest BCUT2D eigenvalue weighted by Gasteiger charge is -2.16. The second kappa shape index (κ2) is 5.21. The first-order valence-corrected chi connectivity index (χ1v) is 6.07. The molecule has 0 atom stereocenters. The SMILES string of the molecule is CCNc1ccc(O)c(CN2CCCC2)c1. The molecule has 1 aliphatic rings. The molecule has 0 aliphatic carbocycles. The van der Waals surface area contributed by atoms with Crippen LogP contribution in [0.5, 0.6) is 5.75 Å². The van der Waals surface area contributed by atoms with Crippen molar-refractivity contribution in [2.75, 3.05) is 25.0 Å². The third-order valence-electron chi connectivity index (χ3n) is 3.05. The van der Waals surface area contributed by atoms with Crippen LogP contribution in [0.25, 0.3) is 0 Å². The Morgan fingerprint density at radius 3 is 2.75 bits per heavy atom. The molecule has 1 saturated heterocycles. The fourth-order valence-corrected chi connectivity index (χ4v) is 2.21. The second-order valence-electron chi connectivity index (χ2n) is 4.36. The van der Waals surface area contributed by atoms with Gasteiger partial charge in [0.1, 0.15) is 5.75 Å². The fourth-order valence-electron chi connectivity index (χ4n) is 2.21. The van der Waals surface area contributed by atoms with Crippen LogP contribution in [0.3, 0.4) is 0 Å². The molecular formula is C13H20N2O. The molecule has 1 aromatic rings. The van der Waals surface area contributed by atoms with E-state index >= 15 is 0 Å². The van der Waals surface area contributed by atoms with Crippen LogP contribution >= 0.6 is 0 Å². The molecule has 1 fully saturated rings. The van der Waals surface area contributed by atoms with Crippen LogP contribution in [0.2, 0.25) is 0 Å². The van der Waals surface area contributed by atoms with Crippen LogP contribution in [0.15, 0.2) is 18.2 Å². The summed E-state index contributed by atoms with van der Waals surface area (Å²) in [6.45, 7) is 6.17. The average molecular weight is 220 g/mol. The zero-order valence-corrected chi connectivity index (χ0v) is 9.87. The molecule has 0 unspecified atom stereocenters. The number of rotatable bonds is 4. The van der Waals surface area contributed by atoms with E-state index in [0.29, 0.717) is 5.75 Å². The number of anilines is 1. The van der Waals surface area contributed by atoms with Gasteiger partial charge in [0.25, 0.3) is 0 Å². The quantitative estimate of drug-likeness (QED) is 0.765. The molecule has 3 nitrogen and oxygen atoms in total. The van der Waals surface area contributed by atoms with Gasteiger partial charge in [-0.3, -0.25) is 4.90 Å². The lowest BCUT2D eigenvalue weighted by Crippen LogP contribution is -2.18. The average Bonchev–Trinajstić information content (AvgIpc) is 2.76. The van der Waals surface area contributed by atoms with Crippen molar-refractivity contribution < 1.29 is 5.11 Å². The summed E-state index contributed by atoms with van der Waals surface area (Å²) in [7, 11) is 0. The number of likely N-dealkylation sites (tertiary alicyclic amines) is 1. The van der Waals surface area contributed by atoms with E-state index in [1.54, 1.807) is 6.07 Å². The van der Waals surface area contributed by atoms with E-state index in [0.717, 1.165) is 37.4 Å². The molecule has 16 heavy (non-hydrogen) atoms. The zero-order chi connectivity index (χ0) is 11.4. The van der Waals surface area contributed by atoms with Gasteiger partial charge in [-0.05, 0) is 51.1 Å². The lowest BCUT2D eigenvalue weighted by molar-refractivity contribution is 0.324. The van der Waals surface area contributed by atoms with E-state index in [-0.39, 0.29) is 0 Å². The number of phenolic OH excluding ortho intramolecular Hbond substituents is 1. The number of nitrogens with zero attached hydrogens (tertiary/aromatic N) is 1. The topological polar surface area (TPSA) is 35.5 Å². The number of phenols is 1. The predicted molar refractivity (Wildman–Crippen MR) is 66.8 cm³/mol. The maximum Gasteiger partial charge on any atom is 0.120 e. The van der Waals surface area contributed by atoms with Crippen molar-refractivity contribution in [2.24, 2.45) is 0 Å². The maximum atomic E-state index is 9.81. The van der Waals surface area contributed by atoms with Gasteiger partial charge < -0.3 is 10.4 Å². The van der Waals surface area contributed by atoms with E-state index < -0.39 is 0 Å². The Balaban J connectivity index is 2.08. The highest BCUT2D eigenvalue weighted by Crippen LogP contribution is 2.24. The van der Waals surface area contributed by atoms with Crippen molar-refractivity contribution in [3.8, 4) is 5.75 Å². The Morgan fingerprint density at radius 2 is 2.06 bits per heavy atom. The fraction of sp³-hybridized carbons (Fsp3) is 0.538. The number of hydrogen-bond acceptors (Lipinski definition) is 3. The van der Waals surface area contributed by atoms with Crippen molar-refractivity contribution in [3.63, 3.8) is 0 Å². The van der Waals surface area contributed by atoms with Crippen LogP contribution in [0.1, 0.15) is 25.3 Å². The first-order valence-electron chi connectivity index (χ1n) is 6.07. The molecule has 2 N–H and O–H groups in total. The standard InChI is InChI=1S/C13H20N2O/c1-2-14-12-5-6-13(16)11(9-12)10-15-7-3-4-8-15/h5-6,9,14,16H,2-4,7-8,10H2,1H3. The Bertz CT molecular complexity index is 346. The van der Waals surface area contributed by atoms with Gasteiger partial charge in [0.15, 0.2) is 0 Å². The largest absolute Gasteiger partial charge is 0.508 e. The van der Waals surface area contributed by atoms with Gasteiger partial charge in [0.05, 0.1) is 0 Å². The Morgan fingerprint density at radius 1 is 1.31 bits per heavy atom. The van der Waals surface area contributed by atoms with Crippen LogP contribution in [-0.2, 0) is 6.54 Å². The predicted octanol–water partition coefficient (Wildman–Crippen LogP) is 2.42. The lowest BCUT2D eigenvalue weighted by atomic mass is 10.1. The number of aromatic hydroxyl groups is 1. The van der Waals surface area contributed by atoms with E-state index in [1.807, 2.05) is 6.07 Å². The van der Waals surface area contributed by atoms with Crippen molar-refractivity contribution in [2.45, 2.75) is 26.3 Å². The molecule has 0 bridgehead atoms. The summed E-state index contributed by atoms with van der Waals surface area (Å²) in [5, 5.41) is 13.1. The Hall–Kier alpha value is -1.22. The minimum Gasteiger partial charge on any atom is -0.508 e. The number of nitrogens with one attached hydrogen (secondary N) is 1. The van der Waals surface area contributed by atoms with Gasteiger partial charge in [0, 0.05) is 24.3 Å². The summed E-state index contributed by atoms with van der Waals surface area (Å²) >= 11 is 0. The Kier molecular flexibility index (Phi) is 3.67. The van der Waals surface area contributed by atoms with Gasteiger partial charge in [-0.15, -0.1) is 0 Å². The van der Waals surface area contributed by atoms with E-state index in [4.69, 9.17) is 0 Å². The zero-order valence-electron chi connectivity index (χ0n) is 9.87. The molecule has 1 aromatic carbocycles. The summed E-state index contributed by atoms with van der Waals surface area (Å²) in [5.41, 5.74) is 2.12. The molecule has 3 heteroatoms. The van der Waals surface area contributed by atoms with Crippen LogP contribution in [0.4, 0.5) is 5.69 Å². The van der Waals surface area contributed by atoms with Gasteiger partial charge in [-0.2, -0.15) is 0 Å². The number of benzene rings is 1. The molecule has 0 saturated carbocycles. The minimum absolute atomic E-state index is 0.411. The second-order valence-corrected chi connectivity index (χ2v) is 4.36. The van der Waals surface area contributed by atoms with E-state index in [9.17, 15) is 5.11 Å². The van der Waals surface area contributed by atoms with Crippen LogP contribution < -0.4 is 5.32 Å². The van der Waals surface area contributed by atoms with E-state index in [1.165, 1.54) is 12.8 Å². The molecule has 2 rings (SSSR count).